The lowest BCUT2D eigenvalue weighted by Crippen LogP contribution is -2.50. The fraction of sp³-hybridized carbons (Fsp3) is 0.692. The highest BCUT2D eigenvalue weighted by molar-refractivity contribution is 14.1. The maximum absolute atomic E-state index is 12.2. The van der Waals surface area contributed by atoms with Crippen molar-refractivity contribution < 1.29 is 29.4 Å². The van der Waals surface area contributed by atoms with E-state index in [4.69, 9.17) is 15.9 Å². The molecule has 9 heteroatoms. The summed E-state index contributed by atoms with van der Waals surface area (Å²) in [5.41, 5.74) is 5.57. The Balaban J connectivity index is 4.73. The van der Waals surface area contributed by atoms with Gasteiger partial charge in [0.25, 0.3) is 0 Å². The van der Waals surface area contributed by atoms with Gasteiger partial charge in [-0.1, -0.05) is 29.5 Å². The molecule has 0 unspecified atom stereocenters. The van der Waals surface area contributed by atoms with Crippen molar-refractivity contribution in [1.29, 1.82) is 0 Å². The Hall–Kier alpha value is -1.23. The van der Waals surface area contributed by atoms with Crippen LogP contribution in [0.25, 0.3) is 0 Å². The number of carbonyl (C=O) groups is 4. The van der Waals surface area contributed by atoms with Crippen LogP contribution < -0.4 is 11.1 Å². The first kappa shape index (κ1) is 20.8. The summed E-state index contributed by atoms with van der Waals surface area (Å²) in [4.78, 5) is 45.2. The number of carboxylic acids is 2. The molecule has 0 aliphatic heterocycles. The number of hydrogen-bond donors (Lipinski definition) is 4. The predicted molar refractivity (Wildman–Crippen MR) is 86.8 cm³/mol. The summed E-state index contributed by atoms with van der Waals surface area (Å²) in [6, 6.07) is -1.98. The molecule has 0 aromatic carbocycles. The molecule has 126 valence electrons. The molecule has 0 aromatic heterocycles. The molecular weight excluding hydrogens is 407 g/mol. The first-order chi connectivity index (χ1) is 10.2. The van der Waals surface area contributed by atoms with Gasteiger partial charge in [0, 0.05) is 12.8 Å². The molecule has 0 heterocycles. The predicted octanol–water partition coefficient (Wildman–Crippen LogP) is 0.311. The summed E-state index contributed by atoms with van der Waals surface area (Å²) in [6.45, 7) is 1.81. The Kier molecular flexibility index (Phi) is 9.90. The van der Waals surface area contributed by atoms with Gasteiger partial charge in [-0.05, 0) is 19.3 Å². The Bertz CT molecular complexity index is 429. The number of alkyl halides is 1. The highest BCUT2D eigenvalue weighted by atomic mass is 127. The Labute approximate surface area is 142 Å². The third-order valence-corrected chi connectivity index (χ3v) is 4.47. The number of aliphatic carboxylic acids is 2. The van der Waals surface area contributed by atoms with E-state index in [1.807, 2.05) is 29.5 Å². The number of nitrogens with two attached hydrogens (primary N) is 1. The molecule has 8 nitrogen and oxygen atoms in total. The molecule has 0 saturated carbocycles. The van der Waals surface area contributed by atoms with Gasteiger partial charge >= 0.3 is 11.9 Å². The quantitative estimate of drug-likeness (QED) is 0.274. The molecule has 3 atom stereocenters. The normalized spacial score (nSPS) is 14.7. The number of ketones is 1. The van der Waals surface area contributed by atoms with E-state index in [2.05, 4.69) is 5.32 Å². The number of nitrogens with one attached hydrogen (secondary N) is 1. The van der Waals surface area contributed by atoms with Gasteiger partial charge in [-0.2, -0.15) is 0 Å². The first-order valence-corrected chi connectivity index (χ1v) is 8.10. The van der Waals surface area contributed by atoms with Gasteiger partial charge in [-0.3, -0.25) is 19.2 Å². The van der Waals surface area contributed by atoms with Crippen molar-refractivity contribution in [2.24, 2.45) is 5.73 Å². The lowest BCUT2D eigenvalue weighted by Gasteiger charge is -2.21. The molecule has 1 amide bonds. The number of amides is 1. The van der Waals surface area contributed by atoms with E-state index in [-0.39, 0.29) is 35.4 Å². The maximum atomic E-state index is 12.2. The zero-order chi connectivity index (χ0) is 17.3. The molecule has 0 fully saturated rings. The zero-order valence-electron chi connectivity index (χ0n) is 12.3. The van der Waals surface area contributed by atoms with Crippen LogP contribution >= 0.6 is 22.6 Å². The van der Waals surface area contributed by atoms with Gasteiger partial charge in [0.2, 0.25) is 5.91 Å². The van der Waals surface area contributed by atoms with Crippen LogP contribution in [-0.2, 0) is 19.2 Å². The average molecular weight is 428 g/mol. The van der Waals surface area contributed by atoms with Crippen molar-refractivity contribution in [1.82, 2.24) is 5.32 Å². The minimum absolute atomic E-state index is 0.0228. The topological polar surface area (TPSA) is 147 Å². The van der Waals surface area contributed by atoms with Gasteiger partial charge in [0.05, 0.1) is 16.0 Å². The van der Waals surface area contributed by atoms with Crippen LogP contribution in [-0.4, -0.2) is 49.9 Å². The number of carboxylic acid groups (broad SMARTS) is 2. The molecule has 0 aromatic rings. The molecular formula is C13H21IN2O6. The van der Waals surface area contributed by atoms with Crippen LogP contribution in [0.1, 0.15) is 39.0 Å². The third-order valence-electron chi connectivity index (χ3n) is 2.98. The van der Waals surface area contributed by atoms with E-state index in [0.29, 0.717) is 6.42 Å². The van der Waals surface area contributed by atoms with Crippen molar-refractivity contribution in [2.75, 3.05) is 0 Å². The van der Waals surface area contributed by atoms with E-state index < -0.39 is 29.9 Å². The van der Waals surface area contributed by atoms with Crippen LogP contribution in [0.15, 0.2) is 0 Å². The Morgan fingerprint density at radius 1 is 1.09 bits per heavy atom. The summed E-state index contributed by atoms with van der Waals surface area (Å²) in [7, 11) is 0. The van der Waals surface area contributed by atoms with Crippen molar-refractivity contribution in [3.8, 4) is 0 Å². The Morgan fingerprint density at radius 2 is 1.59 bits per heavy atom. The SMILES string of the molecule is CC[C@@H](I)C(=O)[C@H](CCC(=O)O)NC(=O)[C@@H](N)CCC(=O)O. The largest absolute Gasteiger partial charge is 0.481 e. The molecule has 0 aliphatic carbocycles. The molecule has 0 spiro atoms. The van der Waals surface area contributed by atoms with E-state index >= 15 is 0 Å². The summed E-state index contributed by atoms with van der Waals surface area (Å²) in [5.74, 6) is -3.04. The van der Waals surface area contributed by atoms with Crippen LogP contribution in [0.3, 0.4) is 0 Å². The van der Waals surface area contributed by atoms with Crippen LogP contribution in [0.5, 0.6) is 0 Å². The minimum Gasteiger partial charge on any atom is -0.481 e. The standard InChI is InChI=1S/C13H21IN2O6/c1-2-7(14)12(21)9(4-6-11(19)20)16-13(22)8(15)3-5-10(17)18/h7-9H,2-6,15H2,1H3,(H,16,22)(H,17,18)(H,19,20)/t7-,8+,9+/m1/s1. The maximum Gasteiger partial charge on any atom is 0.303 e. The first-order valence-electron chi connectivity index (χ1n) is 6.86. The summed E-state index contributed by atoms with van der Waals surface area (Å²) in [6.07, 6.45) is -0.0300. The number of hydrogen-bond acceptors (Lipinski definition) is 5. The van der Waals surface area contributed by atoms with Gasteiger partial charge in [0.1, 0.15) is 0 Å². The van der Waals surface area contributed by atoms with E-state index in [1.54, 1.807) is 0 Å². The second-order valence-electron chi connectivity index (χ2n) is 4.81. The van der Waals surface area contributed by atoms with Gasteiger partial charge in [0.15, 0.2) is 5.78 Å². The number of halogens is 1. The second-order valence-corrected chi connectivity index (χ2v) is 6.31. The molecule has 0 bridgehead atoms. The van der Waals surface area contributed by atoms with Gasteiger partial charge < -0.3 is 21.3 Å². The van der Waals surface area contributed by atoms with Gasteiger partial charge in [-0.25, -0.2) is 0 Å². The molecule has 22 heavy (non-hydrogen) atoms. The second kappa shape index (κ2) is 10.5. The molecule has 0 radical (unpaired) electrons. The smallest absolute Gasteiger partial charge is 0.303 e. The average Bonchev–Trinajstić information content (AvgIpc) is 2.46. The zero-order valence-corrected chi connectivity index (χ0v) is 14.4. The van der Waals surface area contributed by atoms with Crippen molar-refractivity contribution >= 4 is 46.2 Å². The van der Waals surface area contributed by atoms with Crippen LogP contribution in [0.4, 0.5) is 0 Å². The number of Topliss-reactive ketones (excluding diaryl/α,β-unsaturated/α-hetero) is 1. The monoisotopic (exact) mass is 428 g/mol. The molecule has 0 rings (SSSR count). The van der Waals surface area contributed by atoms with E-state index in [0.717, 1.165) is 0 Å². The van der Waals surface area contributed by atoms with Crippen molar-refractivity contribution in [2.45, 2.75) is 55.0 Å². The fourth-order valence-electron chi connectivity index (χ4n) is 1.66. The van der Waals surface area contributed by atoms with Crippen molar-refractivity contribution in [3.05, 3.63) is 0 Å². The molecule has 0 saturated heterocycles. The van der Waals surface area contributed by atoms with Gasteiger partial charge in [-0.15, -0.1) is 0 Å². The number of carbonyl (C=O) groups excluding carboxylic acids is 2. The number of rotatable bonds is 11. The summed E-state index contributed by atoms with van der Waals surface area (Å²) in [5, 5.41) is 19.7. The lowest BCUT2D eigenvalue weighted by atomic mass is 10.0. The van der Waals surface area contributed by atoms with Crippen LogP contribution in [0.2, 0.25) is 0 Å². The van der Waals surface area contributed by atoms with E-state index in [9.17, 15) is 19.2 Å². The highest BCUT2D eigenvalue weighted by Crippen LogP contribution is 2.12. The van der Waals surface area contributed by atoms with Crippen LogP contribution in [0, 0.1) is 0 Å². The summed E-state index contributed by atoms with van der Waals surface area (Å²) < 4.78 is -0.341. The highest BCUT2D eigenvalue weighted by Gasteiger charge is 2.27. The van der Waals surface area contributed by atoms with Crippen molar-refractivity contribution in [3.63, 3.8) is 0 Å². The fourth-order valence-corrected chi connectivity index (χ4v) is 2.10. The minimum atomic E-state index is -1.07. The molecule has 0 aliphatic rings. The van der Waals surface area contributed by atoms with E-state index in [1.165, 1.54) is 0 Å². The Morgan fingerprint density at radius 3 is 2.05 bits per heavy atom. The third kappa shape index (κ3) is 8.27. The molecule has 5 N–H and O–H groups in total. The summed E-state index contributed by atoms with van der Waals surface area (Å²) >= 11 is 1.94. The lowest BCUT2D eigenvalue weighted by molar-refractivity contribution is -0.139.